The summed E-state index contributed by atoms with van der Waals surface area (Å²) in [4.78, 5) is 0. The quantitative estimate of drug-likeness (QED) is 0.555. The summed E-state index contributed by atoms with van der Waals surface area (Å²) in [5, 5.41) is 4.02. The third-order valence-corrected chi connectivity index (χ3v) is 1.12. The maximum absolute atomic E-state index is 4.02. The van der Waals surface area contributed by atoms with Gasteiger partial charge in [-0.15, -0.1) is 6.58 Å². The van der Waals surface area contributed by atoms with Crippen LogP contribution < -0.4 is 0 Å². The lowest BCUT2D eigenvalue weighted by Gasteiger charge is -1.93. The van der Waals surface area contributed by atoms with Crippen molar-refractivity contribution in [1.82, 2.24) is 9.78 Å². The van der Waals surface area contributed by atoms with Crippen LogP contribution in [0.5, 0.6) is 0 Å². The third-order valence-electron chi connectivity index (χ3n) is 1.12. The molecule has 0 radical (unpaired) electrons. The fourth-order valence-corrected chi connectivity index (χ4v) is 0.656. The molecule has 0 atom stereocenters. The van der Waals surface area contributed by atoms with Gasteiger partial charge in [0.05, 0.1) is 0 Å². The number of hydrogen-bond donors (Lipinski definition) is 0. The predicted octanol–water partition coefficient (Wildman–Crippen LogP) is 1.46. The van der Waals surface area contributed by atoms with Gasteiger partial charge in [-0.1, -0.05) is 6.08 Å². The summed E-state index contributed by atoms with van der Waals surface area (Å²) in [6, 6.07) is 1.92. The van der Waals surface area contributed by atoms with Gasteiger partial charge in [0, 0.05) is 18.9 Å². The van der Waals surface area contributed by atoms with Crippen LogP contribution in [-0.2, 0) is 6.54 Å². The van der Waals surface area contributed by atoms with Gasteiger partial charge in [-0.05, 0) is 12.5 Å². The Labute approximate surface area is 54.8 Å². The number of aryl methyl sites for hydroxylation is 1. The maximum Gasteiger partial charge on any atom is 0.0489 e. The third kappa shape index (κ3) is 1.72. The molecule has 0 aliphatic rings. The number of hydrogen-bond acceptors (Lipinski definition) is 1. The highest BCUT2D eigenvalue weighted by Gasteiger charge is 1.83. The first-order chi connectivity index (χ1) is 4.43. The minimum atomic E-state index is 0.941. The molecule has 0 unspecified atom stereocenters. The van der Waals surface area contributed by atoms with Crippen LogP contribution in [-0.4, -0.2) is 9.78 Å². The summed E-state index contributed by atoms with van der Waals surface area (Å²) >= 11 is 0. The molecule has 1 aromatic heterocycles. The van der Waals surface area contributed by atoms with Crippen molar-refractivity contribution in [2.24, 2.45) is 0 Å². The van der Waals surface area contributed by atoms with E-state index in [0.717, 1.165) is 13.0 Å². The largest absolute Gasteiger partial charge is 0.272 e. The fourth-order valence-electron chi connectivity index (χ4n) is 0.656. The van der Waals surface area contributed by atoms with Gasteiger partial charge >= 0.3 is 0 Å². The average Bonchev–Trinajstić information content (AvgIpc) is 2.34. The second kappa shape index (κ2) is 3.07. The number of allylic oxidation sites excluding steroid dienone is 1. The van der Waals surface area contributed by atoms with E-state index < -0.39 is 0 Å². The number of nitrogens with zero attached hydrogens (tertiary/aromatic N) is 2. The topological polar surface area (TPSA) is 17.8 Å². The Hall–Kier alpha value is -1.05. The molecule has 0 aliphatic heterocycles. The molecule has 0 N–H and O–H groups in total. The van der Waals surface area contributed by atoms with Crippen LogP contribution in [0, 0.1) is 0 Å². The molecular weight excluding hydrogens is 112 g/mol. The van der Waals surface area contributed by atoms with Crippen molar-refractivity contribution >= 4 is 0 Å². The van der Waals surface area contributed by atoms with Crippen molar-refractivity contribution in [2.45, 2.75) is 13.0 Å². The van der Waals surface area contributed by atoms with Crippen molar-refractivity contribution in [3.63, 3.8) is 0 Å². The highest BCUT2D eigenvalue weighted by atomic mass is 15.3. The van der Waals surface area contributed by atoms with Gasteiger partial charge in [0.1, 0.15) is 0 Å². The zero-order valence-electron chi connectivity index (χ0n) is 5.33. The van der Waals surface area contributed by atoms with Crippen molar-refractivity contribution in [3.05, 3.63) is 31.1 Å². The highest BCUT2D eigenvalue weighted by Crippen LogP contribution is 1.88. The van der Waals surface area contributed by atoms with Crippen LogP contribution in [0.1, 0.15) is 6.42 Å². The summed E-state index contributed by atoms with van der Waals surface area (Å²) in [6.45, 7) is 4.56. The second-order valence-corrected chi connectivity index (χ2v) is 1.85. The van der Waals surface area contributed by atoms with Crippen LogP contribution in [0.2, 0.25) is 0 Å². The molecule has 48 valence electrons. The van der Waals surface area contributed by atoms with Crippen molar-refractivity contribution in [2.75, 3.05) is 0 Å². The molecule has 0 aromatic carbocycles. The normalized spacial score (nSPS) is 9.33. The summed E-state index contributed by atoms with van der Waals surface area (Å²) in [5.74, 6) is 0. The Bertz CT molecular complexity index is 165. The maximum atomic E-state index is 4.02. The second-order valence-electron chi connectivity index (χ2n) is 1.85. The Morgan fingerprint density at radius 2 is 2.56 bits per heavy atom. The van der Waals surface area contributed by atoms with Gasteiger partial charge in [-0.2, -0.15) is 5.10 Å². The summed E-state index contributed by atoms with van der Waals surface area (Å²) in [6.07, 6.45) is 6.61. The Balaban J connectivity index is 2.38. The Morgan fingerprint density at radius 3 is 3.11 bits per heavy atom. The lowest BCUT2D eigenvalue weighted by atomic mass is 10.4. The van der Waals surface area contributed by atoms with Crippen molar-refractivity contribution in [1.29, 1.82) is 0 Å². The van der Waals surface area contributed by atoms with Gasteiger partial charge in [-0.25, -0.2) is 0 Å². The molecule has 0 saturated carbocycles. The zero-order chi connectivity index (χ0) is 6.53. The Morgan fingerprint density at radius 1 is 1.67 bits per heavy atom. The van der Waals surface area contributed by atoms with Crippen LogP contribution in [0.25, 0.3) is 0 Å². The standard InChI is InChI=1S/C7H10N2/c1-2-3-6-9-7-4-5-8-9/h2,4-5,7H,1,3,6H2. The summed E-state index contributed by atoms with van der Waals surface area (Å²) in [7, 11) is 0. The molecule has 2 heteroatoms. The van der Waals surface area contributed by atoms with E-state index >= 15 is 0 Å². The molecule has 0 saturated heterocycles. The van der Waals surface area contributed by atoms with Gasteiger partial charge in [0.2, 0.25) is 0 Å². The molecular formula is C7H10N2. The van der Waals surface area contributed by atoms with E-state index in [4.69, 9.17) is 0 Å². The van der Waals surface area contributed by atoms with Gasteiger partial charge in [0.15, 0.2) is 0 Å². The van der Waals surface area contributed by atoms with Crippen LogP contribution >= 0.6 is 0 Å². The smallest absolute Gasteiger partial charge is 0.0489 e. The number of aromatic nitrogens is 2. The highest BCUT2D eigenvalue weighted by molar-refractivity contribution is 4.78. The molecule has 0 bridgehead atoms. The van der Waals surface area contributed by atoms with E-state index in [2.05, 4.69) is 11.7 Å². The van der Waals surface area contributed by atoms with E-state index in [9.17, 15) is 0 Å². The monoisotopic (exact) mass is 122 g/mol. The lowest BCUT2D eigenvalue weighted by Crippen LogP contribution is -1.95. The minimum Gasteiger partial charge on any atom is -0.272 e. The molecule has 0 spiro atoms. The SMILES string of the molecule is C=CCCn1cccn1. The first-order valence-electron chi connectivity index (χ1n) is 3.02. The molecule has 1 rings (SSSR count). The molecule has 0 amide bonds. The van der Waals surface area contributed by atoms with Gasteiger partial charge in [0.25, 0.3) is 0 Å². The summed E-state index contributed by atoms with van der Waals surface area (Å²) in [5.41, 5.74) is 0. The van der Waals surface area contributed by atoms with Gasteiger partial charge < -0.3 is 0 Å². The number of rotatable bonds is 3. The first kappa shape index (κ1) is 6.08. The predicted molar refractivity (Wildman–Crippen MR) is 37.0 cm³/mol. The lowest BCUT2D eigenvalue weighted by molar-refractivity contribution is 0.624. The van der Waals surface area contributed by atoms with Gasteiger partial charge in [-0.3, -0.25) is 4.68 Å². The molecule has 9 heavy (non-hydrogen) atoms. The van der Waals surface area contributed by atoms with Crippen LogP contribution in [0.4, 0.5) is 0 Å². The minimum absolute atomic E-state index is 0.941. The molecule has 2 nitrogen and oxygen atoms in total. The van der Waals surface area contributed by atoms with E-state index in [1.807, 2.05) is 23.0 Å². The molecule has 1 aromatic rings. The first-order valence-corrected chi connectivity index (χ1v) is 3.02. The molecule has 0 fully saturated rings. The van der Waals surface area contributed by atoms with E-state index in [1.165, 1.54) is 0 Å². The van der Waals surface area contributed by atoms with Crippen molar-refractivity contribution < 1.29 is 0 Å². The van der Waals surface area contributed by atoms with Crippen molar-refractivity contribution in [3.8, 4) is 0 Å². The molecule has 0 aliphatic carbocycles. The fraction of sp³-hybridized carbons (Fsp3) is 0.286. The molecule has 1 heterocycles. The Kier molecular flexibility index (Phi) is 2.07. The van der Waals surface area contributed by atoms with E-state index in [1.54, 1.807) is 6.20 Å². The van der Waals surface area contributed by atoms with E-state index in [0.29, 0.717) is 0 Å². The average molecular weight is 122 g/mol. The summed E-state index contributed by atoms with van der Waals surface area (Å²) < 4.78 is 1.89. The van der Waals surface area contributed by atoms with Crippen LogP contribution in [0.15, 0.2) is 31.1 Å². The zero-order valence-corrected chi connectivity index (χ0v) is 5.33. The van der Waals surface area contributed by atoms with Crippen LogP contribution in [0.3, 0.4) is 0 Å². The van der Waals surface area contributed by atoms with E-state index in [-0.39, 0.29) is 0 Å².